The van der Waals surface area contributed by atoms with Crippen molar-refractivity contribution in [3.05, 3.63) is 77.0 Å². The summed E-state index contributed by atoms with van der Waals surface area (Å²) in [7, 11) is -3.59. The van der Waals surface area contributed by atoms with E-state index in [1.807, 2.05) is 12.1 Å². The molecule has 0 aliphatic carbocycles. The average Bonchev–Trinajstić information content (AvgIpc) is 3.47. The first kappa shape index (κ1) is 21.3. The Labute approximate surface area is 185 Å². The number of nitrogens with one attached hydrogen (secondary N) is 1. The summed E-state index contributed by atoms with van der Waals surface area (Å²) in [5.41, 5.74) is 3.47. The molecule has 0 spiro atoms. The van der Waals surface area contributed by atoms with Gasteiger partial charge in [-0.05, 0) is 67.4 Å². The number of furan rings is 1. The van der Waals surface area contributed by atoms with Crippen LogP contribution in [0.15, 0.2) is 75.1 Å². The third-order valence-corrected chi connectivity index (χ3v) is 7.06. The van der Waals surface area contributed by atoms with Gasteiger partial charge in [-0.15, -0.1) is 0 Å². The van der Waals surface area contributed by atoms with Crippen LogP contribution in [0.1, 0.15) is 29.0 Å². The molecule has 31 heavy (non-hydrogen) atoms. The van der Waals surface area contributed by atoms with E-state index >= 15 is 0 Å². The summed E-state index contributed by atoms with van der Waals surface area (Å²) in [6.07, 6.45) is 3.07. The number of hydrazone groups is 1. The standard InChI is InChI=1S/C22H20ClN3O4S/c23-18-8-6-16(7-9-18)21-11-10-19(30-21)15-24-25-22(27)17-4-3-5-20(14-17)31(28,29)26-12-1-2-13-26/h3-11,14-15H,1-2,12-13H2,(H,25,27)/b24-15+. The van der Waals surface area contributed by atoms with Gasteiger partial charge in [-0.3, -0.25) is 4.79 Å². The highest BCUT2D eigenvalue weighted by molar-refractivity contribution is 7.89. The van der Waals surface area contributed by atoms with E-state index in [0.717, 1.165) is 18.4 Å². The summed E-state index contributed by atoms with van der Waals surface area (Å²) in [4.78, 5) is 12.5. The molecule has 1 saturated heterocycles. The Bertz CT molecular complexity index is 1210. The van der Waals surface area contributed by atoms with Crippen LogP contribution in [0.25, 0.3) is 11.3 Å². The highest BCUT2D eigenvalue weighted by Crippen LogP contribution is 2.23. The molecule has 1 amide bonds. The van der Waals surface area contributed by atoms with Crippen LogP contribution < -0.4 is 5.43 Å². The van der Waals surface area contributed by atoms with Crippen molar-refractivity contribution in [2.45, 2.75) is 17.7 Å². The van der Waals surface area contributed by atoms with E-state index in [1.165, 1.54) is 22.7 Å². The second-order valence-corrected chi connectivity index (χ2v) is 9.42. The molecule has 2 aromatic carbocycles. The van der Waals surface area contributed by atoms with E-state index in [9.17, 15) is 13.2 Å². The molecule has 1 aliphatic heterocycles. The van der Waals surface area contributed by atoms with Crippen LogP contribution in [0.4, 0.5) is 0 Å². The van der Waals surface area contributed by atoms with Crippen LogP contribution in [-0.4, -0.2) is 37.9 Å². The number of carbonyl (C=O) groups excluding carboxylic acids is 1. The Kier molecular flexibility index (Phi) is 6.22. The van der Waals surface area contributed by atoms with E-state index in [-0.39, 0.29) is 10.5 Å². The van der Waals surface area contributed by atoms with Crippen molar-refractivity contribution in [1.82, 2.24) is 9.73 Å². The Morgan fingerprint density at radius 2 is 1.81 bits per heavy atom. The molecule has 0 atom stereocenters. The fourth-order valence-electron chi connectivity index (χ4n) is 3.29. The Morgan fingerprint density at radius 1 is 1.06 bits per heavy atom. The van der Waals surface area contributed by atoms with Crippen molar-refractivity contribution in [2.24, 2.45) is 5.10 Å². The maximum absolute atomic E-state index is 12.7. The van der Waals surface area contributed by atoms with Crippen LogP contribution in [0.2, 0.25) is 5.02 Å². The molecular formula is C22H20ClN3O4S. The lowest BCUT2D eigenvalue weighted by atomic mass is 10.2. The predicted octanol–water partition coefficient (Wildman–Crippen LogP) is 4.15. The summed E-state index contributed by atoms with van der Waals surface area (Å²) in [6.45, 7) is 1.01. The molecule has 0 unspecified atom stereocenters. The monoisotopic (exact) mass is 457 g/mol. The van der Waals surface area contributed by atoms with Crippen molar-refractivity contribution in [1.29, 1.82) is 0 Å². The minimum Gasteiger partial charge on any atom is -0.455 e. The zero-order valence-corrected chi connectivity index (χ0v) is 18.1. The van der Waals surface area contributed by atoms with Gasteiger partial charge in [-0.25, -0.2) is 13.8 Å². The molecule has 7 nitrogen and oxygen atoms in total. The molecule has 9 heteroatoms. The van der Waals surface area contributed by atoms with Gasteiger partial charge in [0.25, 0.3) is 5.91 Å². The molecule has 3 aromatic rings. The van der Waals surface area contributed by atoms with Gasteiger partial charge in [-0.2, -0.15) is 9.41 Å². The number of hydrogen-bond acceptors (Lipinski definition) is 5. The van der Waals surface area contributed by atoms with Crippen molar-refractivity contribution >= 4 is 33.7 Å². The molecule has 2 heterocycles. The summed E-state index contributed by atoms with van der Waals surface area (Å²) < 4.78 is 32.5. The lowest BCUT2D eigenvalue weighted by Crippen LogP contribution is -2.28. The number of nitrogens with zero attached hydrogens (tertiary/aromatic N) is 2. The smallest absolute Gasteiger partial charge is 0.271 e. The fraction of sp³-hybridized carbons (Fsp3) is 0.182. The summed E-state index contributed by atoms with van der Waals surface area (Å²) in [5.74, 6) is 0.582. The number of hydrogen-bond donors (Lipinski definition) is 1. The SMILES string of the molecule is O=C(N/N=C/c1ccc(-c2ccc(Cl)cc2)o1)c1cccc(S(=O)(=O)N2CCCC2)c1. The van der Waals surface area contributed by atoms with Crippen molar-refractivity contribution in [3.63, 3.8) is 0 Å². The first-order chi connectivity index (χ1) is 14.9. The second-order valence-electron chi connectivity index (χ2n) is 7.05. The van der Waals surface area contributed by atoms with Crippen molar-refractivity contribution in [2.75, 3.05) is 13.1 Å². The number of amides is 1. The van der Waals surface area contributed by atoms with Crippen molar-refractivity contribution < 1.29 is 17.6 Å². The molecule has 1 aliphatic rings. The Balaban J connectivity index is 1.42. The molecule has 1 N–H and O–H groups in total. The molecule has 160 valence electrons. The summed E-state index contributed by atoms with van der Waals surface area (Å²) >= 11 is 5.89. The van der Waals surface area contributed by atoms with Gasteiger partial charge >= 0.3 is 0 Å². The number of carbonyl (C=O) groups is 1. The van der Waals surface area contributed by atoms with E-state index in [1.54, 1.807) is 36.4 Å². The van der Waals surface area contributed by atoms with Gasteiger partial charge in [0.05, 0.1) is 11.1 Å². The third kappa shape index (κ3) is 4.87. The topological polar surface area (TPSA) is 92.0 Å². The minimum atomic E-state index is -3.59. The largest absolute Gasteiger partial charge is 0.455 e. The minimum absolute atomic E-state index is 0.102. The van der Waals surface area contributed by atoms with Gasteiger partial charge in [-0.1, -0.05) is 17.7 Å². The number of rotatable bonds is 6. The number of halogens is 1. The van der Waals surface area contributed by atoms with Crippen LogP contribution in [0.3, 0.4) is 0 Å². The second kappa shape index (κ2) is 9.05. The van der Waals surface area contributed by atoms with Gasteiger partial charge in [0.2, 0.25) is 10.0 Å². The van der Waals surface area contributed by atoms with Crippen LogP contribution in [0, 0.1) is 0 Å². The van der Waals surface area contributed by atoms with Gasteiger partial charge in [0, 0.05) is 29.2 Å². The molecule has 0 radical (unpaired) electrons. The number of sulfonamides is 1. The van der Waals surface area contributed by atoms with Gasteiger partial charge < -0.3 is 4.42 Å². The Hall–Kier alpha value is -2.94. The average molecular weight is 458 g/mol. The van der Waals surface area contributed by atoms with Gasteiger partial charge in [0.1, 0.15) is 11.5 Å². The maximum atomic E-state index is 12.7. The first-order valence-electron chi connectivity index (χ1n) is 9.73. The third-order valence-electron chi connectivity index (χ3n) is 4.91. The van der Waals surface area contributed by atoms with E-state index in [4.69, 9.17) is 16.0 Å². The fourth-order valence-corrected chi connectivity index (χ4v) is 4.98. The predicted molar refractivity (Wildman–Crippen MR) is 119 cm³/mol. The first-order valence-corrected chi connectivity index (χ1v) is 11.5. The van der Waals surface area contributed by atoms with Crippen LogP contribution in [0.5, 0.6) is 0 Å². The molecule has 4 rings (SSSR count). The van der Waals surface area contributed by atoms with Crippen LogP contribution >= 0.6 is 11.6 Å². The van der Waals surface area contributed by atoms with E-state index < -0.39 is 15.9 Å². The molecule has 1 fully saturated rings. The molecule has 0 saturated carbocycles. The quantitative estimate of drug-likeness (QED) is 0.444. The lowest BCUT2D eigenvalue weighted by molar-refractivity contribution is 0.0955. The zero-order valence-electron chi connectivity index (χ0n) is 16.5. The Morgan fingerprint density at radius 3 is 2.55 bits per heavy atom. The summed E-state index contributed by atoms with van der Waals surface area (Å²) in [5, 5.41) is 4.55. The molecular weight excluding hydrogens is 438 g/mol. The van der Waals surface area contributed by atoms with E-state index in [2.05, 4.69) is 10.5 Å². The maximum Gasteiger partial charge on any atom is 0.271 e. The highest BCUT2D eigenvalue weighted by Gasteiger charge is 2.27. The highest BCUT2D eigenvalue weighted by atomic mass is 35.5. The molecule has 1 aromatic heterocycles. The molecule has 0 bridgehead atoms. The normalized spacial score (nSPS) is 14.9. The van der Waals surface area contributed by atoms with Crippen LogP contribution in [-0.2, 0) is 10.0 Å². The van der Waals surface area contributed by atoms with E-state index in [0.29, 0.717) is 29.6 Å². The van der Waals surface area contributed by atoms with Crippen molar-refractivity contribution in [3.8, 4) is 11.3 Å². The lowest BCUT2D eigenvalue weighted by Gasteiger charge is -2.15. The summed E-state index contributed by atoms with van der Waals surface area (Å²) in [6, 6.07) is 16.7. The number of benzene rings is 2. The van der Waals surface area contributed by atoms with Gasteiger partial charge in [0.15, 0.2) is 0 Å². The zero-order chi connectivity index (χ0) is 21.8.